The van der Waals surface area contributed by atoms with E-state index in [9.17, 15) is 4.79 Å². The SMILES string of the molecule is O=c1[nH]c2nc(-c3ccccc3)c(-c3cc(Cl)c4[nH]ncc4c3)nc2cc1N1CCCC1. The molecule has 6 rings (SSSR count). The molecule has 1 aliphatic rings. The number of pyridine rings is 1. The maximum atomic E-state index is 12.8. The van der Waals surface area contributed by atoms with Crippen LogP contribution in [0.2, 0.25) is 5.02 Å². The van der Waals surface area contributed by atoms with Crippen LogP contribution in [0.5, 0.6) is 0 Å². The fourth-order valence-corrected chi connectivity index (χ4v) is 4.62. The molecule has 4 heterocycles. The summed E-state index contributed by atoms with van der Waals surface area (Å²) < 4.78 is 0. The van der Waals surface area contributed by atoms with Gasteiger partial charge in [-0.1, -0.05) is 41.9 Å². The molecule has 8 heteroatoms. The Kier molecular flexibility index (Phi) is 4.43. The van der Waals surface area contributed by atoms with Crippen LogP contribution in [0.15, 0.2) is 59.5 Å². The molecule has 2 N–H and O–H groups in total. The van der Waals surface area contributed by atoms with Gasteiger partial charge in [-0.25, -0.2) is 9.97 Å². The lowest BCUT2D eigenvalue weighted by Crippen LogP contribution is -2.26. The first-order valence-electron chi connectivity index (χ1n) is 10.6. The minimum Gasteiger partial charge on any atom is -0.367 e. The van der Waals surface area contributed by atoms with Crippen molar-refractivity contribution in [3.05, 3.63) is 70.1 Å². The van der Waals surface area contributed by atoms with Gasteiger partial charge in [0.2, 0.25) is 0 Å². The molecule has 0 atom stereocenters. The number of anilines is 1. The van der Waals surface area contributed by atoms with E-state index in [0.717, 1.165) is 48.0 Å². The maximum Gasteiger partial charge on any atom is 0.273 e. The zero-order chi connectivity index (χ0) is 21.7. The zero-order valence-corrected chi connectivity index (χ0v) is 17.9. The van der Waals surface area contributed by atoms with Crippen LogP contribution in [0.25, 0.3) is 44.6 Å². The van der Waals surface area contributed by atoms with E-state index in [1.807, 2.05) is 48.5 Å². The molecule has 0 bridgehead atoms. The van der Waals surface area contributed by atoms with Crippen molar-refractivity contribution in [1.29, 1.82) is 0 Å². The third-order valence-corrected chi connectivity index (χ3v) is 6.23. The van der Waals surface area contributed by atoms with Gasteiger partial charge in [0.05, 0.1) is 28.1 Å². The maximum absolute atomic E-state index is 12.8. The first-order chi connectivity index (χ1) is 15.7. The second-order valence-corrected chi connectivity index (χ2v) is 8.40. The molecule has 0 radical (unpaired) electrons. The van der Waals surface area contributed by atoms with Gasteiger partial charge in [-0.05, 0) is 31.0 Å². The smallest absolute Gasteiger partial charge is 0.273 e. The van der Waals surface area contributed by atoms with Crippen LogP contribution in [0.1, 0.15) is 12.8 Å². The van der Waals surface area contributed by atoms with E-state index in [1.54, 1.807) is 6.20 Å². The van der Waals surface area contributed by atoms with E-state index < -0.39 is 0 Å². The van der Waals surface area contributed by atoms with Crippen molar-refractivity contribution in [3.8, 4) is 22.5 Å². The number of benzene rings is 2. The molecule has 158 valence electrons. The van der Waals surface area contributed by atoms with Gasteiger partial charge in [0, 0.05) is 29.6 Å². The van der Waals surface area contributed by atoms with Crippen LogP contribution in [-0.2, 0) is 0 Å². The van der Waals surface area contributed by atoms with Crippen molar-refractivity contribution in [2.24, 2.45) is 0 Å². The normalized spacial score (nSPS) is 14.0. The molecule has 0 aliphatic carbocycles. The highest BCUT2D eigenvalue weighted by molar-refractivity contribution is 6.35. The highest BCUT2D eigenvalue weighted by Gasteiger charge is 2.20. The predicted molar refractivity (Wildman–Crippen MR) is 127 cm³/mol. The Bertz CT molecular complexity index is 1520. The van der Waals surface area contributed by atoms with Crippen molar-refractivity contribution in [1.82, 2.24) is 25.1 Å². The average molecular weight is 443 g/mol. The Morgan fingerprint density at radius 3 is 2.53 bits per heavy atom. The number of hydrogen-bond donors (Lipinski definition) is 2. The van der Waals surface area contributed by atoms with Crippen LogP contribution in [0, 0.1) is 0 Å². The molecule has 1 aliphatic heterocycles. The van der Waals surface area contributed by atoms with Gasteiger partial charge >= 0.3 is 0 Å². The van der Waals surface area contributed by atoms with Gasteiger partial charge in [-0.15, -0.1) is 0 Å². The summed E-state index contributed by atoms with van der Waals surface area (Å²) in [4.78, 5) is 27.7. The Morgan fingerprint density at radius 2 is 1.72 bits per heavy atom. The molecule has 3 aromatic heterocycles. The number of rotatable bonds is 3. The average Bonchev–Trinajstić information content (AvgIpc) is 3.51. The van der Waals surface area contributed by atoms with E-state index in [2.05, 4.69) is 20.1 Å². The number of hydrogen-bond acceptors (Lipinski definition) is 5. The van der Waals surface area contributed by atoms with Crippen LogP contribution >= 0.6 is 11.6 Å². The second-order valence-electron chi connectivity index (χ2n) is 7.99. The molecule has 1 saturated heterocycles. The number of nitrogens with zero attached hydrogens (tertiary/aromatic N) is 4. The minimum absolute atomic E-state index is 0.136. The van der Waals surface area contributed by atoms with Crippen molar-refractivity contribution >= 4 is 39.4 Å². The fraction of sp³-hybridized carbons (Fsp3) is 0.167. The fourth-order valence-electron chi connectivity index (χ4n) is 4.35. The van der Waals surface area contributed by atoms with Gasteiger partial charge in [0.1, 0.15) is 11.2 Å². The van der Waals surface area contributed by atoms with Gasteiger partial charge < -0.3 is 9.88 Å². The lowest BCUT2D eigenvalue weighted by atomic mass is 10.0. The van der Waals surface area contributed by atoms with Crippen molar-refractivity contribution < 1.29 is 0 Å². The van der Waals surface area contributed by atoms with E-state index in [4.69, 9.17) is 21.6 Å². The molecule has 32 heavy (non-hydrogen) atoms. The number of fused-ring (bicyclic) bond motifs is 2. The van der Waals surface area contributed by atoms with Crippen molar-refractivity contribution in [2.75, 3.05) is 18.0 Å². The van der Waals surface area contributed by atoms with Gasteiger partial charge in [-0.3, -0.25) is 9.89 Å². The lowest BCUT2D eigenvalue weighted by Gasteiger charge is -2.17. The first-order valence-corrected chi connectivity index (χ1v) is 10.9. The highest BCUT2D eigenvalue weighted by Crippen LogP contribution is 2.35. The number of halogens is 1. The second kappa shape index (κ2) is 7.46. The van der Waals surface area contributed by atoms with Gasteiger partial charge in [0.15, 0.2) is 5.65 Å². The number of H-pyrrole nitrogens is 2. The van der Waals surface area contributed by atoms with E-state index in [-0.39, 0.29) is 5.56 Å². The largest absolute Gasteiger partial charge is 0.367 e. The summed E-state index contributed by atoms with van der Waals surface area (Å²) in [5, 5.41) is 8.49. The molecular weight excluding hydrogens is 424 g/mol. The monoisotopic (exact) mass is 442 g/mol. The van der Waals surface area contributed by atoms with Crippen LogP contribution < -0.4 is 10.5 Å². The summed E-state index contributed by atoms with van der Waals surface area (Å²) in [6.07, 6.45) is 3.92. The van der Waals surface area contributed by atoms with E-state index >= 15 is 0 Å². The quantitative estimate of drug-likeness (QED) is 0.419. The minimum atomic E-state index is -0.136. The summed E-state index contributed by atoms with van der Waals surface area (Å²) >= 11 is 6.53. The lowest BCUT2D eigenvalue weighted by molar-refractivity contribution is 0.949. The third-order valence-electron chi connectivity index (χ3n) is 5.93. The molecule has 7 nitrogen and oxygen atoms in total. The number of nitrogens with one attached hydrogen (secondary N) is 2. The van der Waals surface area contributed by atoms with Crippen LogP contribution in [0.3, 0.4) is 0 Å². The van der Waals surface area contributed by atoms with E-state index in [0.29, 0.717) is 33.3 Å². The molecule has 0 unspecified atom stereocenters. The van der Waals surface area contributed by atoms with E-state index in [1.165, 1.54) is 0 Å². The molecule has 0 spiro atoms. The Labute approximate surface area is 188 Å². The predicted octanol–water partition coefficient (Wildman–Crippen LogP) is 4.78. The number of aromatic amines is 2. The van der Waals surface area contributed by atoms with Crippen LogP contribution in [-0.4, -0.2) is 38.2 Å². The topological polar surface area (TPSA) is 90.6 Å². The Balaban J connectivity index is 1.63. The zero-order valence-electron chi connectivity index (χ0n) is 17.1. The molecule has 5 aromatic rings. The summed E-state index contributed by atoms with van der Waals surface area (Å²) in [5.74, 6) is 0. The number of aromatic nitrogens is 5. The standard InChI is InChI=1S/C24H19ClN6O/c25-17-11-15(10-16-13-26-30-20(16)17)22-21(14-6-2-1-3-7-14)28-23-18(27-22)12-19(24(32)29-23)31-8-4-5-9-31/h1-3,6-7,10-13H,4-5,8-9H2,(H,26,30)(H,28,29,32). The Hall–Kier alpha value is -3.71. The summed E-state index contributed by atoms with van der Waals surface area (Å²) in [5.41, 5.74) is 5.53. The van der Waals surface area contributed by atoms with Gasteiger partial charge in [-0.2, -0.15) is 5.10 Å². The molecule has 1 fully saturated rings. The third kappa shape index (κ3) is 3.13. The van der Waals surface area contributed by atoms with Crippen molar-refractivity contribution in [2.45, 2.75) is 12.8 Å². The van der Waals surface area contributed by atoms with Crippen molar-refractivity contribution in [3.63, 3.8) is 0 Å². The Morgan fingerprint density at radius 1 is 0.938 bits per heavy atom. The first kappa shape index (κ1) is 19.0. The highest BCUT2D eigenvalue weighted by atomic mass is 35.5. The molecule has 2 aromatic carbocycles. The molecule has 0 amide bonds. The van der Waals surface area contributed by atoms with Gasteiger partial charge in [0.25, 0.3) is 5.56 Å². The molecule has 0 saturated carbocycles. The summed E-state index contributed by atoms with van der Waals surface area (Å²) in [6.45, 7) is 1.76. The summed E-state index contributed by atoms with van der Waals surface area (Å²) in [6, 6.07) is 15.5. The summed E-state index contributed by atoms with van der Waals surface area (Å²) in [7, 11) is 0. The van der Waals surface area contributed by atoms with Crippen LogP contribution in [0.4, 0.5) is 5.69 Å². The molecular formula is C24H19ClN6O.